The Morgan fingerprint density at radius 3 is 0.991 bits per heavy atom. The van der Waals surface area contributed by atoms with E-state index in [9.17, 15) is 0 Å². The molecule has 0 aliphatic heterocycles. The van der Waals surface area contributed by atoms with Crippen LogP contribution < -0.4 is 0 Å². The van der Waals surface area contributed by atoms with Crippen LogP contribution in [0.1, 0.15) is 0 Å². The highest BCUT2D eigenvalue weighted by Crippen LogP contribution is 2.42. The lowest BCUT2D eigenvalue weighted by atomic mass is 9.98. The van der Waals surface area contributed by atoms with Crippen LogP contribution in [0.2, 0.25) is 0 Å². The van der Waals surface area contributed by atoms with Gasteiger partial charge in [0.1, 0.15) is 22.3 Å². The topological polar surface area (TPSA) is 113 Å². The molecule has 0 saturated heterocycles. The maximum Gasteiger partial charge on any atom is 0.164 e. The SMILES string of the molecule is c1ccc(-c2nc(-c3ccccc3)nc(-c3cccc(-c4ccc(-n5c6ccccc6c6ccc(-c7ccc8oc9ccccc9c8c7)cc65)cc4)c3)n2)cc1.c1ccc(-c2nc(-c3ccccc3)nc(-c3ccccc3-c3cccc(-n4c5ccccc5c5ccc(-c6ccc7oc8ccccc8c7c6)cc54)c3)n2)cc1. The fourth-order valence-corrected chi connectivity index (χ4v) is 15.9. The minimum Gasteiger partial charge on any atom is -0.456 e. The molecule has 524 valence electrons. The molecule has 6 aromatic heterocycles. The number of furan rings is 2. The van der Waals surface area contributed by atoms with E-state index in [2.05, 4.69) is 252 Å². The number of hydrogen-bond donors (Lipinski definition) is 0. The second-order valence-electron chi connectivity index (χ2n) is 28.1. The maximum atomic E-state index is 6.15. The van der Waals surface area contributed by atoms with Crippen molar-refractivity contribution in [1.29, 1.82) is 0 Å². The summed E-state index contributed by atoms with van der Waals surface area (Å²) in [4.78, 5) is 29.9. The highest BCUT2D eigenvalue weighted by atomic mass is 16.3. The van der Waals surface area contributed by atoms with Crippen molar-refractivity contribution in [2.24, 2.45) is 0 Å². The highest BCUT2D eigenvalue weighted by molar-refractivity contribution is 6.13. The fourth-order valence-electron chi connectivity index (χ4n) is 15.9. The van der Waals surface area contributed by atoms with Crippen molar-refractivity contribution in [2.75, 3.05) is 0 Å². The molecule has 0 unspecified atom stereocenters. The molecule has 10 heteroatoms. The van der Waals surface area contributed by atoms with E-state index in [1.165, 1.54) is 27.1 Å². The first-order valence-corrected chi connectivity index (χ1v) is 37.5. The smallest absolute Gasteiger partial charge is 0.164 e. The number of nitrogens with zero attached hydrogens (tertiary/aromatic N) is 8. The Labute approximate surface area is 643 Å². The van der Waals surface area contributed by atoms with Crippen molar-refractivity contribution in [1.82, 2.24) is 39.0 Å². The molecule has 0 bridgehead atoms. The molecule has 0 aliphatic rings. The van der Waals surface area contributed by atoms with Crippen LogP contribution in [-0.4, -0.2) is 39.0 Å². The van der Waals surface area contributed by atoms with Gasteiger partial charge in [0.25, 0.3) is 0 Å². The number of benzene rings is 16. The number of rotatable bonds is 12. The zero-order chi connectivity index (χ0) is 74.0. The summed E-state index contributed by atoms with van der Waals surface area (Å²) in [6.45, 7) is 0. The summed E-state index contributed by atoms with van der Waals surface area (Å²) in [5.74, 6) is 3.83. The first-order valence-electron chi connectivity index (χ1n) is 37.5. The van der Waals surface area contributed by atoms with Gasteiger partial charge < -0.3 is 18.0 Å². The molecule has 22 rings (SSSR count). The first kappa shape index (κ1) is 65.1. The van der Waals surface area contributed by atoms with E-state index in [0.29, 0.717) is 34.9 Å². The number of hydrogen-bond acceptors (Lipinski definition) is 8. The number of fused-ring (bicyclic) bond motifs is 12. The van der Waals surface area contributed by atoms with Crippen LogP contribution in [0.5, 0.6) is 0 Å². The third-order valence-corrected chi connectivity index (χ3v) is 21.3. The predicted molar refractivity (Wildman–Crippen MR) is 457 cm³/mol. The van der Waals surface area contributed by atoms with Gasteiger partial charge in [-0.05, 0) is 136 Å². The van der Waals surface area contributed by atoms with Crippen LogP contribution in [0, 0.1) is 0 Å². The van der Waals surface area contributed by atoms with Crippen LogP contribution in [-0.2, 0) is 0 Å². The molecule has 112 heavy (non-hydrogen) atoms. The van der Waals surface area contributed by atoms with E-state index in [1.54, 1.807) is 0 Å². The third kappa shape index (κ3) is 11.8. The molecule has 0 saturated carbocycles. The molecular formula is C102H64N8O2. The summed E-state index contributed by atoms with van der Waals surface area (Å²) in [6.07, 6.45) is 0. The Bertz CT molecular complexity index is 7260. The Kier molecular flexibility index (Phi) is 16.0. The molecule has 22 aromatic rings. The minimum atomic E-state index is 0.627. The summed E-state index contributed by atoms with van der Waals surface area (Å²) >= 11 is 0. The van der Waals surface area contributed by atoms with Crippen molar-refractivity contribution in [3.05, 3.63) is 388 Å². The summed E-state index contributed by atoms with van der Waals surface area (Å²) in [7, 11) is 0. The highest BCUT2D eigenvalue weighted by Gasteiger charge is 2.22. The number of aromatic nitrogens is 8. The van der Waals surface area contributed by atoms with E-state index >= 15 is 0 Å². The van der Waals surface area contributed by atoms with Crippen molar-refractivity contribution in [2.45, 2.75) is 0 Å². The minimum absolute atomic E-state index is 0.627. The zero-order valence-electron chi connectivity index (χ0n) is 60.3. The molecule has 16 aromatic carbocycles. The Morgan fingerprint density at radius 2 is 0.491 bits per heavy atom. The zero-order valence-corrected chi connectivity index (χ0v) is 60.3. The molecule has 6 heterocycles. The van der Waals surface area contributed by atoms with Crippen molar-refractivity contribution >= 4 is 87.5 Å². The molecular weight excluding hydrogens is 1370 g/mol. The average Bonchev–Trinajstić information content (AvgIpc) is 1.59. The number of para-hydroxylation sites is 4. The van der Waals surface area contributed by atoms with Gasteiger partial charge in [0.2, 0.25) is 0 Å². The maximum absolute atomic E-state index is 6.15. The average molecular weight is 1430 g/mol. The van der Waals surface area contributed by atoms with E-state index < -0.39 is 0 Å². The largest absolute Gasteiger partial charge is 0.456 e. The summed E-state index contributed by atoms with van der Waals surface area (Å²) in [5, 5.41) is 9.37. The van der Waals surface area contributed by atoms with E-state index in [-0.39, 0.29) is 0 Å². The molecule has 0 aliphatic carbocycles. The second-order valence-corrected chi connectivity index (χ2v) is 28.1. The summed E-state index contributed by atoms with van der Waals surface area (Å²) < 4.78 is 17.0. The van der Waals surface area contributed by atoms with Crippen LogP contribution in [0.4, 0.5) is 0 Å². The predicted octanol–water partition coefficient (Wildman–Crippen LogP) is 26.4. The van der Waals surface area contributed by atoms with E-state index in [1.807, 2.05) is 146 Å². The van der Waals surface area contributed by atoms with Gasteiger partial charge in [-0.15, -0.1) is 0 Å². The van der Waals surface area contributed by atoms with Crippen molar-refractivity contribution < 1.29 is 8.83 Å². The van der Waals surface area contributed by atoms with Crippen LogP contribution in [0.25, 0.3) is 212 Å². The van der Waals surface area contributed by atoms with Gasteiger partial charge in [-0.2, -0.15) is 0 Å². The van der Waals surface area contributed by atoms with Crippen molar-refractivity contribution in [3.63, 3.8) is 0 Å². The molecule has 0 fully saturated rings. The Morgan fingerprint density at radius 1 is 0.161 bits per heavy atom. The standard InChI is InChI=1S/2C51H32N4O/c1-3-12-34(13-4-1)49-52-50(35-14-5-2-6-15-35)54-51(53-49)39-17-11-16-36(30-39)33-22-26-40(27-23-33)55-45-20-9-7-18-41(45)42-28-24-38(32-46(42)55)37-25-29-48-44(31-37)43-19-8-10-21-47(43)56-48;1-3-14-33(15-4-1)49-52-50(34-16-5-2-6-17-34)54-51(53-49)43-23-8-7-20-39(43)37-18-13-19-38(30-37)55-45-24-11-9-21-40(45)41-28-26-36(32-46(41)55)35-27-29-48-44(31-35)42-22-10-12-25-47(42)56-48/h2*1-32H. The van der Waals surface area contributed by atoms with Crippen LogP contribution in [0.3, 0.4) is 0 Å². The van der Waals surface area contributed by atoms with Gasteiger partial charge in [-0.3, -0.25) is 0 Å². The van der Waals surface area contributed by atoms with Crippen molar-refractivity contribution in [3.8, 4) is 124 Å². The second kappa shape index (κ2) is 27.5. The summed E-state index contributed by atoms with van der Waals surface area (Å²) in [5.41, 5.74) is 25.0. The Hall–Kier alpha value is -15.3. The fraction of sp³-hybridized carbons (Fsp3) is 0. The van der Waals surface area contributed by atoms with Gasteiger partial charge in [-0.25, -0.2) is 29.9 Å². The normalized spacial score (nSPS) is 11.6. The lowest BCUT2D eigenvalue weighted by Gasteiger charge is -2.14. The molecule has 0 amide bonds. The van der Waals surface area contributed by atoms with Gasteiger partial charge in [0.05, 0.1) is 22.1 Å². The Balaban J connectivity index is 0.000000141. The molecule has 0 N–H and O–H groups in total. The van der Waals surface area contributed by atoms with E-state index in [0.717, 1.165) is 150 Å². The van der Waals surface area contributed by atoms with Gasteiger partial charge >= 0.3 is 0 Å². The van der Waals surface area contributed by atoms with Crippen LogP contribution >= 0.6 is 0 Å². The third-order valence-electron chi connectivity index (χ3n) is 21.3. The summed E-state index contributed by atoms with van der Waals surface area (Å²) in [6, 6.07) is 135. The first-order chi connectivity index (χ1) is 55.5. The molecule has 0 radical (unpaired) electrons. The monoisotopic (exact) mass is 1430 g/mol. The van der Waals surface area contributed by atoms with Crippen LogP contribution in [0.15, 0.2) is 397 Å². The molecule has 10 nitrogen and oxygen atoms in total. The van der Waals surface area contributed by atoms with Gasteiger partial charge in [-0.1, -0.05) is 297 Å². The van der Waals surface area contributed by atoms with Gasteiger partial charge in [0.15, 0.2) is 34.9 Å². The lowest BCUT2D eigenvalue weighted by molar-refractivity contribution is 0.668. The van der Waals surface area contributed by atoms with E-state index in [4.69, 9.17) is 38.7 Å². The lowest BCUT2D eigenvalue weighted by Crippen LogP contribution is -2.01. The quantitative estimate of drug-likeness (QED) is 0.119. The van der Waals surface area contributed by atoms with Gasteiger partial charge in [0, 0.05) is 87.8 Å². The molecule has 0 spiro atoms. The molecule has 0 atom stereocenters.